The number of hydrogen-bond donors (Lipinski definition) is 1. The summed E-state index contributed by atoms with van der Waals surface area (Å²) in [5, 5.41) is 3.44. The van der Waals surface area contributed by atoms with E-state index in [2.05, 4.69) is 57.1 Å². The van der Waals surface area contributed by atoms with E-state index in [1.54, 1.807) is 30.3 Å². The van der Waals surface area contributed by atoms with Gasteiger partial charge in [0.1, 0.15) is 12.2 Å². The fraction of sp³-hybridized carbons (Fsp3) is 0.205. The summed E-state index contributed by atoms with van der Waals surface area (Å²) in [7, 11) is 0. The molecule has 3 heterocycles. The summed E-state index contributed by atoms with van der Waals surface area (Å²) < 4.78 is 12.8. The van der Waals surface area contributed by atoms with E-state index in [9.17, 15) is 14.4 Å². The number of urea groups is 1. The molecule has 278 valence electrons. The molecule has 1 fully saturated rings. The lowest BCUT2D eigenvalue weighted by Gasteiger charge is -2.44. The van der Waals surface area contributed by atoms with Gasteiger partial charge in [0, 0.05) is 46.2 Å². The summed E-state index contributed by atoms with van der Waals surface area (Å²) >= 11 is 14.6. The molecule has 5 aromatic carbocycles. The maximum absolute atomic E-state index is 14.5. The molecule has 0 radical (unpaired) electrons. The first-order chi connectivity index (χ1) is 26.7. The summed E-state index contributed by atoms with van der Waals surface area (Å²) in [6.07, 6.45) is 3.28. The van der Waals surface area contributed by atoms with Gasteiger partial charge in [0.05, 0.1) is 15.9 Å². The van der Waals surface area contributed by atoms with E-state index in [1.807, 2.05) is 55.5 Å². The molecule has 1 N–H and O–H groups in total. The smallest absolute Gasteiger partial charge is 0.335 e. The van der Waals surface area contributed by atoms with Crippen LogP contribution in [0.4, 0.5) is 16.2 Å². The molecule has 0 bridgehead atoms. The Morgan fingerprint density at radius 3 is 2.05 bits per heavy atom. The maximum Gasteiger partial charge on any atom is 0.335 e. The second-order valence-electron chi connectivity index (χ2n) is 13.7. The lowest BCUT2D eigenvalue weighted by Crippen LogP contribution is -2.54. The lowest BCUT2D eigenvalue weighted by atomic mass is 9.76. The molecule has 0 unspecified atom stereocenters. The number of amides is 4. The highest BCUT2D eigenvalue weighted by molar-refractivity contribution is 14.1. The SMILES string of the molecule is CCOc1cc(/C=C2\C(=O)NC(=O)N(c3cc4c5c(c3)[C@@H](c3ccccc3)CCN5CC[C@@H]4c3ccccc3)C2=O)cc(I)c1OCc1ccc(Cl)cc1Cl. The zero-order chi connectivity index (χ0) is 38.2. The van der Waals surface area contributed by atoms with Crippen LogP contribution >= 0.6 is 45.8 Å². The number of nitrogens with zero attached hydrogens (tertiary/aromatic N) is 2. The molecule has 2 atom stereocenters. The molecule has 55 heavy (non-hydrogen) atoms. The largest absolute Gasteiger partial charge is 0.490 e. The van der Waals surface area contributed by atoms with Gasteiger partial charge in [0.15, 0.2) is 11.5 Å². The van der Waals surface area contributed by atoms with E-state index in [4.69, 9.17) is 32.7 Å². The van der Waals surface area contributed by atoms with Crippen molar-refractivity contribution < 1.29 is 23.9 Å². The molecule has 11 heteroatoms. The Hall–Kier alpha value is -4.84. The Labute approximate surface area is 343 Å². The summed E-state index contributed by atoms with van der Waals surface area (Å²) in [6.45, 7) is 4.19. The molecule has 8 rings (SSSR count). The number of nitrogens with one attached hydrogen (secondary N) is 1. The molecule has 4 amide bonds. The summed E-state index contributed by atoms with van der Waals surface area (Å²) in [5.74, 6) is -0.425. The van der Waals surface area contributed by atoms with Crippen LogP contribution in [0.2, 0.25) is 10.0 Å². The van der Waals surface area contributed by atoms with Crippen molar-refractivity contribution in [3.05, 3.63) is 156 Å². The van der Waals surface area contributed by atoms with Gasteiger partial charge in [-0.15, -0.1) is 0 Å². The number of ether oxygens (including phenoxy) is 2. The summed E-state index contributed by atoms with van der Waals surface area (Å²) in [5.41, 5.74) is 7.19. The average Bonchev–Trinajstić information content (AvgIpc) is 3.18. The first-order valence-electron chi connectivity index (χ1n) is 18.2. The number of imide groups is 2. The van der Waals surface area contributed by atoms with E-state index < -0.39 is 17.8 Å². The molecular weight excluding hydrogens is 848 g/mol. The lowest BCUT2D eigenvalue weighted by molar-refractivity contribution is -0.122. The van der Waals surface area contributed by atoms with E-state index in [1.165, 1.54) is 22.9 Å². The molecule has 0 spiro atoms. The van der Waals surface area contributed by atoms with Gasteiger partial charge in [-0.05, 0) is 113 Å². The first kappa shape index (κ1) is 37.1. The molecule has 0 saturated carbocycles. The third-order valence-electron chi connectivity index (χ3n) is 10.4. The normalized spacial score (nSPS) is 18.6. The molecule has 5 aromatic rings. The number of rotatable bonds is 9. The minimum atomic E-state index is -0.788. The van der Waals surface area contributed by atoms with Crippen molar-refractivity contribution in [3.63, 3.8) is 0 Å². The van der Waals surface area contributed by atoms with Crippen LogP contribution in [0.5, 0.6) is 11.5 Å². The van der Waals surface area contributed by atoms with Crippen LogP contribution in [0.15, 0.2) is 109 Å². The second-order valence-corrected chi connectivity index (χ2v) is 15.7. The van der Waals surface area contributed by atoms with Gasteiger partial charge in [-0.3, -0.25) is 14.9 Å². The number of carbonyl (C=O) groups excluding carboxylic acids is 3. The predicted octanol–water partition coefficient (Wildman–Crippen LogP) is 10.1. The zero-order valence-corrected chi connectivity index (χ0v) is 33.5. The topological polar surface area (TPSA) is 88.2 Å². The van der Waals surface area contributed by atoms with Gasteiger partial charge >= 0.3 is 6.03 Å². The van der Waals surface area contributed by atoms with Crippen molar-refractivity contribution in [2.45, 2.75) is 38.2 Å². The maximum atomic E-state index is 14.5. The molecule has 8 nitrogen and oxygen atoms in total. The Morgan fingerprint density at radius 2 is 1.45 bits per heavy atom. The van der Waals surface area contributed by atoms with Crippen molar-refractivity contribution in [1.82, 2.24) is 5.32 Å². The van der Waals surface area contributed by atoms with Gasteiger partial charge in [-0.25, -0.2) is 9.69 Å². The van der Waals surface area contributed by atoms with Gasteiger partial charge in [-0.2, -0.15) is 0 Å². The van der Waals surface area contributed by atoms with Crippen LogP contribution in [0.1, 0.15) is 65.0 Å². The number of hydrogen-bond acceptors (Lipinski definition) is 6. The Morgan fingerprint density at radius 1 is 0.818 bits per heavy atom. The van der Waals surface area contributed by atoms with E-state index in [0.29, 0.717) is 43.0 Å². The Bertz CT molecular complexity index is 2280. The van der Waals surface area contributed by atoms with Crippen molar-refractivity contribution in [2.24, 2.45) is 0 Å². The number of anilines is 2. The highest BCUT2D eigenvalue weighted by Gasteiger charge is 2.40. The number of halogens is 3. The van der Waals surface area contributed by atoms with Crippen LogP contribution in [0, 0.1) is 3.57 Å². The van der Waals surface area contributed by atoms with Crippen LogP contribution in [-0.4, -0.2) is 37.5 Å². The monoisotopic (exact) mass is 883 g/mol. The predicted molar refractivity (Wildman–Crippen MR) is 225 cm³/mol. The molecule has 3 aliphatic rings. The first-order valence-corrected chi connectivity index (χ1v) is 20.0. The number of benzene rings is 5. The summed E-state index contributed by atoms with van der Waals surface area (Å²) in [4.78, 5) is 45.1. The Kier molecular flexibility index (Phi) is 10.6. The van der Waals surface area contributed by atoms with Crippen molar-refractivity contribution >= 4 is 81.1 Å². The van der Waals surface area contributed by atoms with E-state index >= 15 is 0 Å². The minimum absolute atomic E-state index is 0.0655. The number of carbonyl (C=O) groups is 3. The van der Waals surface area contributed by atoms with Crippen molar-refractivity contribution in [2.75, 3.05) is 29.5 Å². The molecule has 3 aliphatic heterocycles. The molecular formula is C44H36Cl2IN3O5. The third-order valence-corrected chi connectivity index (χ3v) is 11.8. The van der Waals surface area contributed by atoms with Gasteiger partial charge in [-0.1, -0.05) is 89.9 Å². The Balaban J connectivity index is 1.18. The average molecular weight is 885 g/mol. The fourth-order valence-electron chi connectivity index (χ4n) is 7.89. The van der Waals surface area contributed by atoms with Gasteiger partial charge in [0.2, 0.25) is 0 Å². The second kappa shape index (κ2) is 15.7. The fourth-order valence-corrected chi connectivity index (χ4v) is 9.13. The van der Waals surface area contributed by atoms with Gasteiger partial charge in [0.25, 0.3) is 11.8 Å². The van der Waals surface area contributed by atoms with Crippen LogP contribution in [0.25, 0.3) is 6.08 Å². The standard InChI is InChI=1S/C44H36Cl2IN3O5/c1-2-54-39-21-26(20-38(47)41(39)55-25-29-13-14-30(45)22-37(29)46)19-36-42(51)48-44(53)50(43(36)52)31-23-34-32(27-9-5-3-6-10-27)15-17-49-18-16-33(35(24-31)40(34)49)28-11-7-4-8-12-28/h3-14,19-24,32-33H,2,15-18,25H2,1H3,(H,48,51,53)/b36-19+/t32-,33-/m1/s1. The minimum Gasteiger partial charge on any atom is -0.490 e. The van der Waals surface area contributed by atoms with Crippen LogP contribution in [0.3, 0.4) is 0 Å². The summed E-state index contributed by atoms with van der Waals surface area (Å²) in [6, 6.07) is 32.6. The quantitative estimate of drug-likeness (QED) is 0.0902. The molecule has 1 saturated heterocycles. The molecule has 0 aliphatic carbocycles. The van der Waals surface area contributed by atoms with Crippen LogP contribution in [-0.2, 0) is 16.2 Å². The van der Waals surface area contributed by atoms with Gasteiger partial charge < -0.3 is 14.4 Å². The highest BCUT2D eigenvalue weighted by atomic mass is 127. The highest BCUT2D eigenvalue weighted by Crippen LogP contribution is 2.50. The third kappa shape index (κ3) is 7.33. The van der Waals surface area contributed by atoms with Crippen molar-refractivity contribution in [3.8, 4) is 11.5 Å². The molecule has 0 aromatic heterocycles. The van der Waals surface area contributed by atoms with E-state index in [0.717, 1.165) is 47.5 Å². The van der Waals surface area contributed by atoms with Crippen molar-refractivity contribution in [1.29, 1.82) is 0 Å². The number of barbiturate groups is 1. The zero-order valence-electron chi connectivity index (χ0n) is 29.9. The van der Waals surface area contributed by atoms with E-state index in [-0.39, 0.29) is 24.0 Å². The van der Waals surface area contributed by atoms with Crippen LogP contribution < -0.4 is 24.6 Å².